The summed E-state index contributed by atoms with van der Waals surface area (Å²) in [5, 5.41) is 0. The molecule has 2 saturated heterocycles. The van der Waals surface area contributed by atoms with Gasteiger partial charge in [-0.05, 0) is 50.9 Å². The van der Waals surface area contributed by atoms with Gasteiger partial charge in [0, 0.05) is 6.04 Å². The van der Waals surface area contributed by atoms with Crippen molar-refractivity contribution in [2.75, 3.05) is 26.3 Å². The molecule has 0 aromatic heterocycles. The van der Waals surface area contributed by atoms with Crippen LogP contribution in [0.5, 0.6) is 11.5 Å². The second-order valence-electron chi connectivity index (χ2n) is 5.83. The molecule has 3 aliphatic heterocycles. The molecular formula is C17H25NO2. The number of hydrogen-bond acceptors (Lipinski definition) is 3. The van der Waals surface area contributed by atoms with Crippen LogP contribution in [0.25, 0.3) is 0 Å². The van der Waals surface area contributed by atoms with Gasteiger partial charge in [-0.2, -0.15) is 0 Å². The normalized spacial score (nSPS) is 22.4. The first-order chi connectivity index (χ1) is 9.93. The molecule has 0 unspecified atom stereocenters. The number of fused-ring (bicyclic) bond motifs is 2. The van der Waals surface area contributed by atoms with Gasteiger partial charge in [-0.15, -0.1) is 0 Å². The predicted molar refractivity (Wildman–Crippen MR) is 80.5 cm³/mol. The first kappa shape index (κ1) is 13.7. The van der Waals surface area contributed by atoms with Gasteiger partial charge in [0.2, 0.25) is 0 Å². The van der Waals surface area contributed by atoms with Crippen LogP contribution in [0, 0.1) is 0 Å². The highest BCUT2D eigenvalue weighted by atomic mass is 16.6. The minimum atomic E-state index is 0.664. The first-order valence-electron chi connectivity index (χ1n) is 8.02. The highest BCUT2D eigenvalue weighted by Gasteiger charge is 2.24. The molecule has 0 saturated carbocycles. The zero-order chi connectivity index (χ0) is 13.6. The molecule has 4 rings (SSSR count). The molecule has 0 radical (unpaired) electrons. The number of ether oxygens (including phenoxy) is 2. The molecule has 0 spiro atoms. The Bertz CT molecular complexity index is 370. The van der Waals surface area contributed by atoms with Crippen molar-refractivity contribution in [3.05, 3.63) is 24.3 Å². The summed E-state index contributed by atoms with van der Waals surface area (Å²) in [6.07, 6.45) is 8.86. The molecule has 3 nitrogen and oxygen atoms in total. The smallest absolute Gasteiger partial charge is 0.161 e. The minimum Gasteiger partial charge on any atom is -0.486 e. The van der Waals surface area contributed by atoms with Crippen molar-refractivity contribution in [3.63, 3.8) is 0 Å². The van der Waals surface area contributed by atoms with Crippen LogP contribution in [-0.4, -0.2) is 37.2 Å². The predicted octanol–water partition coefficient (Wildman–Crippen LogP) is 3.48. The molecule has 3 heteroatoms. The van der Waals surface area contributed by atoms with Gasteiger partial charge in [-0.25, -0.2) is 0 Å². The zero-order valence-electron chi connectivity index (χ0n) is 12.2. The van der Waals surface area contributed by atoms with Crippen molar-refractivity contribution >= 4 is 0 Å². The van der Waals surface area contributed by atoms with Gasteiger partial charge in [0.05, 0.1) is 0 Å². The van der Waals surface area contributed by atoms with Crippen LogP contribution in [-0.2, 0) is 0 Å². The Kier molecular flexibility index (Phi) is 4.80. The van der Waals surface area contributed by atoms with Crippen LogP contribution in [0.3, 0.4) is 0 Å². The van der Waals surface area contributed by atoms with Crippen LogP contribution in [0.4, 0.5) is 0 Å². The lowest BCUT2D eigenvalue weighted by molar-refractivity contribution is 0.109. The fraction of sp³-hybridized carbons (Fsp3) is 0.647. The van der Waals surface area contributed by atoms with E-state index in [1.54, 1.807) is 0 Å². The number of hydrogen-bond donors (Lipinski definition) is 0. The topological polar surface area (TPSA) is 21.7 Å². The van der Waals surface area contributed by atoms with E-state index in [9.17, 15) is 0 Å². The van der Waals surface area contributed by atoms with Gasteiger partial charge in [0.1, 0.15) is 13.2 Å². The van der Waals surface area contributed by atoms with Crippen molar-refractivity contribution in [3.8, 4) is 11.5 Å². The molecule has 0 bridgehead atoms. The van der Waals surface area contributed by atoms with Crippen LogP contribution >= 0.6 is 0 Å². The van der Waals surface area contributed by atoms with Gasteiger partial charge in [0.15, 0.2) is 11.5 Å². The lowest BCUT2D eigenvalue weighted by Crippen LogP contribution is -2.42. The maximum atomic E-state index is 5.30. The number of para-hydroxylation sites is 2. The Balaban J connectivity index is 0.000000121. The van der Waals surface area contributed by atoms with E-state index >= 15 is 0 Å². The summed E-state index contributed by atoms with van der Waals surface area (Å²) in [6, 6.07) is 8.69. The summed E-state index contributed by atoms with van der Waals surface area (Å²) in [6.45, 7) is 4.11. The monoisotopic (exact) mass is 275 g/mol. The van der Waals surface area contributed by atoms with Crippen LogP contribution in [0.15, 0.2) is 24.3 Å². The van der Waals surface area contributed by atoms with Crippen molar-refractivity contribution < 1.29 is 9.47 Å². The zero-order valence-corrected chi connectivity index (χ0v) is 12.2. The van der Waals surface area contributed by atoms with Crippen molar-refractivity contribution in [2.24, 2.45) is 0 Å². The number of benzene rings is 1. The van der Waals surface area contributed by atoms with E-state index in [4.69, 9.17) is 9.47 Å². The van der Waals surface area contributed by atoms with E-state index in [2.05, 4.69) is 4.90 Å². The first-order valence-corrected chi connectivity index (χ1v) is 8.02. The number of rotatable bonds is 0. The molecule has 3 heterocycles. The van der Waals surface area contributed by atoms with Gasteiger partial charge in [0.25, 0.3) is 0 Å². The lowest BCUT2D eigenvalue weighted by atomic mass is 9.93. The fourth-order valence-electron chi connectivity index (χ4n) is 3.37. The average molecular weight is 275 g/mol. The largest absolute Gasteiger partial charge is 0.486 e. The molecule has 2 fully saturated rings. The van der Waals surface area contributed by atoms with Gasteiger partial charge in [-0.1, -0.05) is 25.0 Å². The molecule has 0 amide bonds. The van der Waals surface area contributed by atoms with E-state index in [0.29, 0.717) is 13.2 Å². The summed E-state index contributed by atoms with van der Waals surface area (Å²) in [7, 11) is 0. The second kappa shape index (κ2) is 6.98. The minimum absolute atomic E-state index is 0.664. The third-order valence-corrected chi connectivity index (χ3v) is 4.43. The molecule has 0 atom stereocenters. The third kappa shape index (κ3) is 3.45. The molecule has 20 heavy (non-hydrogen) atoms. The Labute approximate surface area is 121 Å². The number of nitrogens with zero attached hydrogens (tertiary/aromatic N) is 1. The summed E-state index contributed by atoms with van der Waals surface area (Å²) >= 11 is 0. The molecule has 1 aromatic rings. The molecule has 110 valence electrons. The van der Waals surface area contributed by atoms with E-state index in [0.717, 1.165) is 17.5 Å². The fourth-order valence-corrected chi connectivity index (χ4v) is 3.37. The summed E-state index contributed by atoms with van der Waals surface area (Å²) in [5.74, 6) is 1.71. The maximum Gasteiger partial charge on any atom is 0.161 e. The molecule has 3 aliphatic rings. The van der Waals surface area contributed by atoms with Crippen LogP contribution in [0.2, 0.25) is 0 Å². The Morgan fingerprint density at radius 2 is 1.35 bits per heavy atom. The molecule has 0 N–H and O–H groups in total. The Hall–Kier alpha value is -1.22. The van der Waals surface area contributed by atoms with Crippen molar-refractivity contribution in [1.82, 2.24) is 4.90 Å². The molecule has 1 aromatic carbocycles. The molecular weight excluding hydrogens is 250 g/mol. The van der Waals surface area contributed by atoms with E-state index in [1.165, 1.54) is 51.6 Å². The summed E-state index contributed by atoms with van der Waals surface area (Å²) < 4.78 is 10.6. The summed E-state index contributed by atoms with van der Waals surface area (Å²) in [5.41, 5.74) is 0. The van der Waals surface area contributed by atoms with Crippen molar-refractivity contribution in [1.29, 1.82) is 0 Å². The van der Waals surface area contributed by atoms with E-state index in [-0.39, 0.29) is 0 Å². The van der Waals surface area contributed by atoms with Crippen LogP contribution in [0.1, 0.15) is 38.5 Å². The lowest BCUT2D eigenvalue weighted by Gasteiger charge is -2.39. The second-order valence-corrected chi connectivity index (χ2v) is 5.83. The SMILES string of the molecule is C1CCN2CCCCC2C1.c1ccc2c(c1)OCCO2. The highest BCUT2D eigenvalue weighted by Crippen LogP contribution is 2.28. The standard InChI is InChI=1S/C9H17N.C8H8O2/c1-3-7-10-8-4-2-6-9(10)5-1;1-2-4-8-7(3-1)9-5-6-10-8/h9H,1-8H2;1-4H,5-6H2. The van der Waals surface area contributed by atoms with E-state index in [1.807, 2.05) is 24.3 Å². The number of piperidine rings is 2. The van der Waals surface area contributed by atoms with Gasteiger partial charge >= 0.3 is 0 Å². The average Bonchev–Trinajstić information content (AvgIpc) is 2.56. The van der Waals surface area contributed by atoms with Crippen LogP contribution < -0.4 is 9.47 Å². The Morgan fingerprint density at radius 3 is 1.85 bits per heavy atom. The highest BCUT2D eigenvalue weighted by molar-refractivity contribution is 5.40. The molecule has 0 aliphatic carbocycles. The van der Waals surface area contributed by atoms with Gasteiger partial charge < -0.3 is 14.4 Å². The maximum absolute atomic E-state index is 5.30. The van der Waals surface area contributed by atoms with Crippen molar-refractivity contribution in [2.45, 2.75) is 44.6 Å². The van der Waals surface area contributed by atoms with Gasteiger partial charge in [-0.3, -0.25) is 0 Å². The van der Waals surface area contributed by atoms with E-state index < -0.39 is 0 Å². The summed E-state index contributed by atoms with van der Waals surface area (Å²) in [4.78, 5) is 2.70. The quantitative estimate of drug-likeness (QED) is 0.723. The Morgan fingerprint density at radius 1 is 0.800 bits per heavy atom. The third-order valence-electron chi connectivity index (χ3n) is 4.43.